The molecule has 1 saturated carbocycles. The Kier molecular flexibility index (Phi) is 3.90. The molecular weight excluding hydrogens is 251 g/mol. The second kappa shape index (κ2) is 5.16. The van der Waals surface area contributed by atoms with Gasteiger partial charge in [0.1, 0.15) is 0 Å². The standard InChI is InChI=1S/C15H20F3N/c1-14(2)8-4-7-13(14)19-10-11-5-3-6-12(9-11)15(16,17)18/h3,5-6,9,13,19H,4,7-8,10H2,1-2H3. The van der Waals surface area contributed by atoms with Crippen LogP contribution in [-0.2, 0) is 12.7 Å². The molecule has 2 rings (SSSR count). The summed E-state index contributed by atoms with van der Waals surface area (Å²) in [6, 6.07) is 5.95. The Morgan fingerprint density at radius 2 is 2.05 bits per heavy atom. The summed E-state index contributed by atoms with van der Waals surface area (Å²) in [5.41, 5.74) is 0.358. The summed E-state index contributed by atoms with van der Waals surface area (Å²) in [7, 11) is 0. The molecule has 0 spiro atoms. The second-order valence-electron chi connectivity index (χ2n) is 6.01. The van der Waals surface area contributed by atoms with Gasteiger partial charge in [-0.1, -0.05) is 38.5 Å². The molecule has 1 nitrogen and oxygen atoms in total. The van der Waals surface area contributed by atoms with Gasteiger partial charge in [-0.3, -0.25) is 0 Å². The van der Waals surface area contributed by atoms with Crippen LogP contribution in [0.15, 0.2) is 24.3 Å². The first-order chi connectivity index (χ1) is 8.79. The van der Waals surface area contributed by atoms with E-state index in [1.165, 1.54) is 25.0 Å². The lowest BCUT2D eigenvalue weighted by Gasteiger charge is -2.28. The molecule has 1 unspecified atom stereocenters. The zero-order chi connectivity index (χ0) is 14.1. The van der Waals surface area contributed by atoms with Gasteiger partial charge in [0.2, 0.25) is 0 Å². The van der Waals surface area contributed by atoms with Crippen LogP contribution in [0.4, 0.5) is 13.2 Å². The van der Waals surface area contributed by atoms with Crippen molar-refractivity contribution in [3.63, 3.8) is 0 Å². The van der Waals surface area contributed by atoms with Crippen LogP contribution in [0.3, 0.4) is 0 Å². The van der Waals surface area contributed by atoms with Gasteiger partial charge in [-0.25, -0.2) is 0 Å². The monoisotopic (exact) mass is 271 g/mol. The van der Waals surface area contributed by atoms with Crippen molar-refractivity contribution in [1.29, 1.82) is 0 Å². The van der Waals surface area contributed by atoms with Crippen LogP contribution in [-0.4, -0.2) is 6.04 Å². The van der Waals surface area contributed by atoms with Gasteiger partial charge in [0.15, 0.2) is 0 Å². The van der Waals surface area contributed by atoms with Crippen LogP contribution in [0, 0.1) is 5.41 Å². The Balaban J connectivity index is 2.00. The van der Waals surface area contributed by atoms with Gasteiger partial charge in [-0.05, 0) is 29.9 Å². The Morgan fingerprint density at radius 1 is 1.32 bits per heavy atom. The number of hydrogen-bond acceptors (Lipinski definition) is 1. The number of halogens is 3. The predicted octanol–water partition coefficient (Wildman–Crippen LogP) is 4.37. The minimum atomic E-state index is -4.26. The van der Waals surface area contributed by atoms with Crippen molar-refractivity contribution in [2.24, 2.45) is 5.41 Å². The van der Waals surface area contributed by atoms with Crippen LogP contribution in [0.2, 0.25) is 0 Å². The normalized spacial score (nSPS) is 22.7. The van der Waals surface area contributed by atoms with E-state index in [0.29, 0.717) is 18.2 Å². The average Bonchev–Trinajstić information content (AvgIpc) is 2.65. The topological polar surface area (TPSA) is 12.0 Å². The highest BCUT2D eigenvalue weighted by Crippen LogP contribution is 2.37. The summed E-state index contributed by atoms with van der Waals surface area (Å²) in [6.45, 7) is 4.92. The van der Waals surface area contributed by atoms with E-state index in [0.717, 1.165) is 12.5 Å². The van der Waals surface area contributed by atoms with E-state index in [2.05, 4.69) is 19.2 Å². The zero-order valence-corrected chi connectivity index (χ0v) is 11.3. The quantitative estimate of drug-likeness (QED) is 0.860. The summed E-state index contributed by atoms with van der Waals surface area (Å²) < 4.78 is 37.8. The fraction of sp³-hybridized carbons (Fsp3) is 0.600. The van der Waals surface area contributed by atoms with Crippen molar-refractivity contribution >= 4 is 0 Å². The lowest BCUT2D eigenvalue weighted by molar-refractivity contribution is -0.137. The molecule has 1 fully saturated rings. The van der Waals surface area contributed by atoms with Crippen LogP contribution in [0.25, 0.3) is 0 Å². The Labute approximate surface area is 112 Å². The first-order valence-corrected chi connectivity index (χ1v) is 6.68. The maximum atomic E-state index is 12.6. The average molecular weight is 271 g/mol. The van der Waals surface area contributed by atoms with Crippen LogP contribution < -0.4 is 5.32 Å². The molecule has 4 heteroatoms. The summed E-state index contributed by atoms with van der Waals surface area (Å²) >= 11 is 0. The molecule has 1 aliphatic carbocycles. The van der Waals surface area contributed by atoms with Gasteiger partial charge < -0.3 is 5.32 Å². The molecule has 0 heterocycles. The maximum Gasteiger partial charge on any atom is 0.416 e. The van der Waals surface area contributed by atoms with Gasteiger partial charge in [-0.15, -0.1) is 0 Å². The summed E-state index contributed by atoms with van der Waals surface area (Å²) in [4.78, 5) is 0. The van der Waals surface area contributed by atoms with Crippen molar-refractivity contribution in [3.05, 3.63) is 35.4 Å². The smallest absolute Gasteiger partial charge is 0.309 e. The lowest BCUT2D eigenvalue weighted by Crippen LogP contribution is -2.37. The molecule has 0 radical (unpaired) electrons. The SMILES string of the molecule is CC1(C)CCCC1NCc1cccc(C(F)(F)F)c1. The second-order valence-corrected chi connectivity index (χ2v) is 6.01. The molecule has 1 aliphatic rings. The van der Waals surface area contributed by atoms with Crippen LogP contribution in [0.1, 0.15) is 44.2 Å². The van der Waals surface area contributed by atoms with Crippen molar-refractivity contribution < 1.29 is 13.2 Å². The highest BCUT2D eigenvalue weighted by molar-refractivity contribution is 5.25. The van der Waals surface area contributed by atoms with E-state index in [4.69, 9.17) is 0 Å². The minimum Gasteiger partial charge on any atom is -0.309 e. The maximum absolute atomic E-state index is 12.6. The molecule has 1 N–H and O–H groups in total. The van der Waals surface area contributed by atoms with E-state index in [1.807, 2.05) is 0 Å². The third-order valence-electron chi connectivity index (χ3n) is 4.06. The molecule has 0 aromatic heterocycles. The highest BCUT2D eigenvalue weighted by Gasteiger charge is 2.34. The molecular formula is C15H20F3N. The van der Waals surface area contributed by atoms with Gasteiger partial charge in [0, 0.05) is 12.6 Å². The molecule has 1 aromatic carbocycles. The van der Waals surface area contributed by atoms with Gasteiger partial charge in [0.05, 0.1) is 5.56 Å². The molecule has 0 amide bonds. The predicted molar refractivity (Wildman–Crippen MR) is 69.7 cm³/mol. The third kappa shape index (κ3) is 3.50. The van der Waals surface area contributed by atoms with E-state index >= 15 is 0 Å². The Hall–Kier alpha value is -1.03. The van der Waals surface area contributed by atoms with Crippen LogP contribution >= 0.6 is 0 Å². The van der Waals surface area contributed by atoms with E-state index < -0.39 is 11.7 Å². The number of alkyl halides is 3. The summed E-state index contributed by atoms with van der Waals surface area (Å²) in [5.74, 6) is 0. The van der Waals surface area contributed by atoms with Gasteiger partial charge in [-0.2, -0.15) is 13.2 Å². The zero-order valence-electron chi connectivity index (χ0n) is 11.3. The highest BCUT2D eigenvalue weighted by atomic mass is 19.4. The fourth-order valence-corrected chi connectivity index (χ4v) is 2.80. The Bertz CT molecular complexity index is 437. The molecule has 106 valence electrons. The number of hydrogen-bond donors (Lipinski definition) is 1. The summed E-state index contributed by atoms with van der Waals surface area (Å²) in [5, 5.41) is 3.40. The fourth-order valence-electron chi connectivity index (χ4n) is 2.80. The lowest BCUT2D eigenvalue weighted by atomic mass is 9.87. The van der Waals surface area contributed by atoms with Gasteiger partial charge >= 0.3 is 6.18 Å². The molecule has 0 aliphatic heterocycles. The van der Waals surface area contributed by atoms with Crippen LogP contribution in [0.5, 0.6) is 0 Å². The van der Waals surface area contributed by atoms with Crippen molar-refractivity contribution in [2.75, 3.05) is 0 Å². The molecule has 0 saturated heterocycles. The Morgan fingerprint density at radius 3 is 2.63 bits per heavy atom. The first kappa shape index (κ1) is 14.4. The number of nitrogens with one attached hydrogen (secondary N) is 1. The molecule has 0 bridgehead atoms. The number of benzene rings is 1. The largest absolute Gasteiger partial charge is 0.416 e. The van der Waals surface area contributed by atoms with Gasteiger partial charge in [0.25, 0.3) is 0 Å². The third-order valence-corrected chi connectivity index (χ3v) is 4.06. The molecule has 1 aromatic rings. The van der Waals surface area contributed by atoms with Crippen molar-refractivity contribution in [1.82, 2.24) is 5.32 Å². The van der Waals surface area contributed by atoms with E-state index in [9.17, 15) is 13.2 Å². The minimum absolute atomic E-state index is 0.238. The van der Waals surface area contributed by atoms with Crippen molar-refractivity contribution in [2.45, 2.75) is 51.9 Å². The molecule has 1 atom stereocenters. The molecule has 19 heavy (non-hydrogen) atoms. The number of rotatable bonds is 3. The van der Waals surface area contributed by atoms with E-state index in [1.54, 1.807) is 6.07 Å². The van der Waals surface area contributed by atoms with Crippen molar-refractivity contribution in [3.8, 4) is 0 Å². The van der Waals surface area contributed by atoms with E-state index in [-0.39, 0.29) is 5.41 Å². The first-order valence-electron chi connectivity index (χ1n) is 6.68. The summed E-state index contributed by atoms with van der Waals surface area (Å²) in [6.07, 6.45) is -0.797.